The monoisotopic (exact) mass is 914 g/mol. The minimum atomic E-state index is -1.58. The fourth-order valence-electron chi connectivity index (χ4n) is 5.59. The fraction of sp³-hybridized carbons (Fsp3) is 0.182. The third-order valence-corrected chi connectivity index (χ3v) is 10.5. The molecule has 0 heterocycles. The number of alkyl halides is 2. The van der Waals surface area contributed by atoms with Crippen molar-refractivity contribution in [2.75, 3.05) is 21.3 Å². The predicted molar refractivity (Wildman–Crippen MR) is 242 cm³/mol. The smallest absolute Gasteiger partial charge is 0.258 e. The average molecular weight is 917 g/mol. The summed E-state index contributed by atoms with van der Waals surface area (Å²) in [6.45, 7) is 5.70. The van der Waals surface area contributed by atoms with Gasteiger partial charge in [-0.05, 0) is 123 Å². The largest absolute Gasteiger partial charge is 0.324 e. The molecule has 5 aromatic carbocycles. The second kappa shape index (κ2) is 21.5. The van der Waals surface area contributed by atoms with Gasteiger partial charge in [0.05, 0.1) is 10.0 Å². The first-order chi connectivity index (χ1) is 29.6. The number of carbonyl (C=O) groups excluding carboxylic acids is 6. The number of carbonyl (C=O) groups is 6. The Kier molecular flexibility index (Phi) is 16.2. The van der Waals surface area contributed by atoms with E-state index in [1.165, 1.54) is 62.4 Å². The number of azo groups is 2. The molecule has 2 atom stereocenters. The van der Waals surface area contributed by atoms with Crippen LogP contribution in [-0.2, 0) is 30.9 Å². The van der Waals surface area contributed by atoms with E-state index >= 15 is 0 Å². The van der Waals surface area contributed by atoms with Crippen molar-refractivity contribution in [1.29, 1.82) is 0 Å². The Labute approximate surface area is 376 Å². The van der Waals surface area contributed by atoms with Crippen LogP contribution in [0.5, 0.6) is 0 Å². The van der Waals surface area contributed by atoms with E-state index in [0.717, 1.165) is 11.1 Å². The summed E-state index contributed by atoms with van der Waals surface area (Å²) in [4.78, 5) is 77.9. The van der Waals surface area contributed by atoms with Gasteiger partial charge in [-0.25, -0.2) is 0 Å². The summed E-state index contributed by atoms with van der Waals surface area (Å²) in [7, 11) is 0. The van der Waals surface area contributed by atoms with E-state index in [1.54, 1.807) is 62.4 Å². The lowest BCUT2D eigenvalue weighted by atomic mass is 10.0. The molecular formula is C44H38Cl4N8O6. The van der Waals surface area contributed by atoms with Crippen LogP contribution in [0.25, 0.3) is 0 Å². The summed E-state index contributed by atoms with van der Waals surface area (Å²) in [5.41, 5.74) is 5.00. The van der Waals surface area contributed by atoms with Crippen molar-refractivity contribution in [2.24, 2.45) is 20.5 Å². The van der Waals surface area contributed by atoms with Crippen LogP contribution in [0.15, 0.2) is 118 Å². The van der Waals surface area contributed by atoms with E-state index in [9.17, 15) is 28.8 Å². The number of anilines is 4. The van der Waals surface area contributed by atoms with Crippen LogP contribution in [0, 0.1) is 13.8 Å². The first-order valence-electron chi connectivity index (χ1n) is 18.6. The Morgan fingerprint density at radius 1 is 0.516 bits per heavy atom. The van der Waals surface area contributed by atoms with E-state index in [1.807, 2.05) is 0 Å². The summed E-state index contributed by atoms with van der Waals surface area (Å²) in [5.74, 6) is -3.09. The summed E-state index contributed by atoms with van der Waals surface area (Å²) < 4.78 is 0. The highest BCUT2D eigenvalue weighted by molar-refractivity contribution is 6.33. The number of nitrogens with one attached hydrogen (secondary N) is 4. The molecule has 0 bridgehead atoms. The van der Waals surface area contributed by atoms with Gasteiger partial charge in [0.25, 0.3) is 23.6 Å². The summed E-state index contributed by atoms with van der Waals surface area (Å²) in [5, 5.41) is 27.2. The third kappa shape index (κ3) is 12.2. The number of rotatable bonds is 16. The molecule has 4 amide bonds. The van der Waals surface area contributed by atoms with Gasteiger partial charge in [-0.2, -0.15) is 20.5 Å². The van der Waals surface area contributed by atoms with Crippen molar-refractivity contribution in [1.82, 2.24) is 0 Å². The molecule has 5 rings (SSSR count). The zero-order valence-electron chi connectivity index (χ0n) is 33.6. The lowest BCUT2D eigenvalue weighted by Gasteiger charge is -2.17. The molecule has 0 aliphatic heterocycles. The van der Waals surface area contributed by atoms with Crippen LogP contribution in [0.2, 0.25) is 10.0 Å². The van der Waals surface area contributed by atoms with E-state index < -0.39 is 47.3 Å². The van der Waals surface area contributed by atoms with Crippen molar-refractivity contribution < 1.29 is 28.8 Å². The van der Waals surface area contributed by atoms with Crippen LogP contribution in [0.1, 0.15) is 56.8 Å². The first-order valence-corrected chi connectivity index (χ1v) is 20.5. The molecule has 5 aromatic rings. The number of nitrogens with zero attached hydrogens (tertiary/aromatic N) is 4. The molecule has 62 heavy (non-hydrogen) atoms. The summed E-state index contributed by atoms with van der Waals surface area (Å²) >= 11 is 24.3. The molecule has 0 saturated heterocycles. The molecule has 14 nitrogen and oxygen atoms in total. The Hall–Kier alpha value is -6.32. The van der Waals surface area contributed by atoms with Crippen molar-refractivity contribution >= 4 is 116 Å². The fourth-order valence-corrected chi connectivity index (χ4v) is 6.26. The maximum Gasteiger partial charge on any atom is 0.258 e. The van der Waals surface area contributed by atoms with Crippen molar-refractivity contribution in [3.8, 4) is 0 Å². The van der Waals surface area contributed by atoms with Gasteiger partial charge in [0, 0.05) is 45.6 Å². The lowest BCUT2D eigenvalue weighted by Crippen LogP contribution is -2.33. The van der Waals surface area contributed by atoms with Gasteiger partial charge < -0.3 is 21.3 Å². The molecule has 0 spiro atoms. The zero-order chi connectivity index (χ0) is 45.1. The number of ketones is 2. The van der Waals surface area contributed by atoms with Crippen LogP contribution < -0.4 is 21.3 Å². The van der Waals surface area contributed by atoms with Crippen LogP contribution in [-0.4, -0.2) is 47.3 Å². The molecular weight excluding hydrogens is 878 g/mol. The maximum atomic E-state index is 13.4. The van der Waals surface area contributed by atoms with Gasteiger partial charge >= 0.3 is 0 Å². The number of hydrogen-bond donors (Lipinski definition) is 4. The average Bonchev–Trinajstić information content (AvgIpc) is 3.25. The van der Waals surface area contributed by atoms with Crippen LogP contribution >= 0.6 is 46.4 Å². The normalized spacial score (nSPS) is 12.1. The molecule has 2 unspecified atom stereocenters. The van der Waals surface area contributed by atoms with Gasteiger partial charge in [0.1, 0.15) is 11.4 Å². The highest BCUT2D eigenvalue weighted by Gasteiger charge is 2.27. The summed E-state index contributed by atoms with van der Waals surface area (Å²) in [6, 6.07) is 22.4. The molecule has 0 saturated carbocycles. The van der Waals surface area contributed by atoms with Crippen LogP contribution in [0.3, 0.4) is 0 Å². The molecule has 0 radical (unpaired) electrons. The number of halogens is 4. The Bertz CT molecular complexity index is 2420. The van der Waals surface area contributed by atoms with E-state index in [-0.39, 0.29) is 32.5 Å². The highest BCUT2D eigenvalue weighted by Crippen LogP contribution is 2.30. The lowest BCUT2D eigenvalue weighted by molar-refractivity contribution is -0.127. The molecule has 0 aromatic heterocycles. The minimum Gasteiger partial charge on any atom is -0.324 e. The second-order valence-corrected chi connectivity index (χ2v) is 15.1. The van der Waals surface area contributed by atoms with Crippen molar-refractivity contribution in [2.45, 2.75) is 51.5 Å². The predicted octanol–water partition coefficient (Wildman–Crippen LogP) is 11.0. The number of hydrogen-bond acceptors (Lipinski definition) is 10. The van der Waals surface area contributed by atoms with E-state index in [4.69, 9.17) is 46.4 Å². The minimum absolute atomic E-state index is 0.0521. The number of Topliss-reactive ketones (excluding diaryl/α,β-unsaturated/α-hetero) is 2. The van der Waals surface area contributed by atoms with Gasteiger partial charge in [0.2, 0.25) is 12.1 Å². The zero-order valence-corrected chi connectivity index (χ0v) is 36.6. The number of benzene rings is 5. The topological polar surface area (TPSA) is 200 Å². The Morgan fingerprint density at radius 2 is 0.871 bits per heavy atom. The van der Waals surface area contributed by atoms with Gasteiger partial charge in [-0.3, -0.25) is 28.8 Å². The molecule has 0 aliphatic rings. The first kappa shape index (κ1) is 46.7. The standard InChI is InChI=1S/C44H38Cl4N8O6/c1-23-24(2)36(52-44(62)40(26(4)58)56-54-38-20-30(10-16-34(38)48)42(60)50-32-13-7-28(22-46)8-14-32)18-17-35(23)51-43(61)39(25(3)57)55-53-37-19-29(9-15-33(37)47)41(59)49-31-11-5-27(21-45)6-12-31/h5-20,39-40H,21-22H2,1-4H3,(H,49,59)(H,50,60)(H,51,61)(H,52,62). The SMILES string of the molecule is CC(=O)C(N=Nc1cc(C(=O)Nc2ccc(CCl)cc2)ccc1Cl)C(=O)Nc1ccc(NC(=O)C(N=Nc2cc(C(=O)Nc3ccc(CCl)cc3)ccc2Cl)C(C)=O)c(C)c1C. The molecule has 0 aliphatic carbocycles. The quantitative estimate of drug-likeness (QED) is 0.0431. The van der Waals surface area contributed by atoms with E-state index in [0.29, 0.717) is 45.6 Å². The molecule has 4 N–H and O–H groups in total. The van der Waals surface area contributed by atoms with Gasteiger partial charge in [0.15, 0.2) is 11.6 Å². The highest BCUT2D eigenvalue weighted by atomic mass is 35.5. The van der Waals surface area contributed by atoms with Crippen molar-refractivity contribution in [3.63, 3.8) is 0 Å². The molecule has 18 heteroatoms. The number of amides is 4. The summed E-state index contributed by atoms with van der Waals surface area (Å²) in [6.07, 6.45) is 0. The third-order valence-electron chi connectivity index (χ3n) is 9.28. The van der Waals surface area contributed by atoms with Crippen LogP contribution in [0.4, 0.5) is 34.1 Å². The van der Waals surface area contributed by atoms with E-state index in [2.05, 4.69) is 41.7 Å². The Morgan fingerprint density at radius 3 is 1.19 bits per heavy atom. The molecule has 318 valence electrons. The maximum absolute atomic E-state index is 13.4. The van der Waals surface area contributed by atoms with Crippen molar-refractivity contribution in [3.05, 3.63) is 140 Å². The second-order valence-electron chi connectivity index (χ2n) is 13.7. The van der Waals surface area contributed by atoms with Gasteiger partial charge in [-0.15, -0.1) is 23.2 Å². The van der Waals surface area contributed by atoms with Gasteiger partial charge in [-0.1, -0.05) is 47.5 Å². The molecule has 0 fully saturated rings. The Balaban J connectivity index is 1.25.